The van der Waals surface area contributed by atoms with Crippen LogP contribution < -0.4 is 5.32 Å². The van der Waals surface area contributed by atoms with E-state index in [0.29, 0.717) is 31.9 Å². The lowest BCUT2D eigenvalue weighted by molar-refractivity contribution is -0.121. The van der Waals surface area contributed by atoms with Crippen molar-refractivity contribution in [1.29, 1.82) is 0 Å². The number of para-hydroxylation sites is 2. The predicted octanol–water partition coefficient (Wildman–Crippen LogP) is 3.24. The fraction of sp³-hybridized carbons (Fsp3) is 0.625. The van der Waals surface area contributed by atoms with Crippen molar-refractivity contribution >= 4 is 28.9 Å². The summed E-state index contributed by atoms with van der Waals surface area (Å²) < 4.78 is 2.12. The minimum absolute atomic E-state index is 0.0117. The van der Waals surface area contributed by atoms with Gasteiger partial charge >= 0.3 is 6.03 Å². The van der Waals surface area contributed by atoms with Gasteiger partial charge in [0.1, 0.15) is 0 Å². The number of piperidine rings is 1. The van der Waals surface area contributed by atoms with Crippen molar-refractivity contribution in [3.8, 4) is 0 Å². The Kier molecular flexibility index (Phi) is 7.29. The third-order valence-electron chi connectivity index (χ3n) is 6.94. The summed E-state index contributed by atoms with van der Waals surface area (Å²) in [5, 5.41) is 3.11. The molecule has 0 aliphatic carbocycles. The molecule has 174 valence electrons. The molecule has 2 fully saturated rings. The zero-order chi connectivity index (χ0) is 22.5. The average Bonchev–Trinajstić information content (AvgIpc) is 3.48. The number of carbonyl (C=O) groups is 2. The first-order valence-electron chi connectivity index (χ1n) is 12.1. The predicted molar refractivity (Wildman–Crippen MR) is 127 cm³/mol. The zero-order valence-corrected chi connectivity index (χ0v) is 19.4. The summed E-state index contributed by atoms with van der Waals surface area (Å²) in [6, 6.07) is 8.17. The molecule has 0 bridgehead atoms. The summed E-state index contributed by atoms with van der Waals surface area (Å²) in [5.41, 5.74) is 1.94. The highest BCUT2D eigenvalue weighted by Gasteiger charge is 2.31. The molecule has 32 heavy (non-hydrogen) atoms. The van der Waals surface area contributed by atoms with Gasteiger partial charge in [0, 0.05) is 45.2 Å². The van der Waals surface area contributed by atoms with Crippen LogP contribution in [-0.4, -0.2) is 82.0 Å². The highest BCUT2D eigenvalue weighted by Crippen LogP contribution is 2.24. The lowest BCUT2D eigenvalue weighted by Gasteiger charge is -2.34. The van der Waals surface area contributed by atoms with Crippen molar-refractivity contribution in [2.75, 3.05) is 51.1 Å². The van der Waals surface area contributed by atoms with Gasteiger partial charge in [-0.2, -0.15) is 0 Å². The maximum Gasteiger partial charge on any atom is 0.319 e. The number of carbonyl (C=O) groups excluding carboxylic acids is 2. The third kappa shape index (κ3) is 4.90. The quantitative estimate of drug-likeness (QED) is 0.717. The highest BCUT2D eigenvalue weighted by molar-refractivity contribution is 5.93. The molecule has 1 aromatic heterocycles. The van der Waals surface area contributed by atoms with Gasteiger partial charge in [-0.1, -0.05) is 26.0 Å². The third-order valence-corrected chi connectivity index (χ3v) is 6.94. The molecule has 8 heteroatoms. The number of hydrogen-bond acceptors (Lipinski definition) is 4. The topological polar surface area (TPSA) is 73.7 Å². The van der Waals surface area contributed by atoms with Crippen molar-refractivity contribution in [2.45, 2.75) is 46.1 Å². The molecule has 4 rings (SSSR count). The van der Waals surface area contributed by atoms with E-state index < -0.39 is 0 Å². The van der Waals surface area contributed by atoms with Gasteiger partial charge in [0.05, 0.1) is 11.0 Å². The Balaban J connectivity index is 1.40. The van der Waals surface area contributed by atoms with Crippen LogP contribution in [0.2, 0.25) is 0 Å². The maximum atomic E-state index is 13.1. The first-order valence-corrected chi connectivity index (χ1v) is 12.1. The summed E-state index contributed by atoms with van der Waals surface area (Å²) >= 11 is 0. The van der Waals surface area contributed by atoms with Gasteiger partial charge in [-0.3, -0.25) is 10.1 Å². The molecule has 2 aliphatic heterocycles. The minimum atomic E-state index is -0.0892. The number of imidazole rings is 1. The lowest BCUT2D eigenvalue weighted by Crippen LogP contribution is -2.47. The number of benzene rings is 1. The molecule has 1 aromatic carbocycles. The Morgan fingerprint density at radius 3 is 2.38 bits per heavy atom. The van der Waals surface area contributed by atoms with Gasteiger partial charge in [0.2, 0.25) is 11.9 Å². The van der Waals surface area contributed by atoms with Gasteiger partial charge in [-0.05, 0) is 50.9 Å². The van der Waals surface area contributed by atoms with Crippen molar-refractivity contribution in [2.24, 2.45) is 5.92 Å². The molecule has 0 atom stereocenters. The number of hydrogen-bond donors (Lipinski definition) is 1. The molecule has 2 aromatic rings. The van der Waals surface area contributed by atoms with E-state index in [1.165, 1.54) is 0 Å². The van der Waals surface area contributed by atoms with Gasteiger partial charge in [0.25, 0.3) is 0 Å². The van der Waals surface area contributed by atoms with E-state index >= 15 is 0 Å². The first-order chi connectivity index (χ1) is 15.6. The standard InChI is InChI=1S/C24H36N6O2/c1-3-27(4-2)17-18-30-21-10-6-5-9-20(21)25-23(30)26-22(31)19-11-15-29(16-12-19)24(32)28-13-7-8-14-28/h5-6,9-10,19H,3-4,7-8,11-18H2,1-2H3,(H,25,26,31). The Morgan fingerprint density at radius 2 is 1.69 bits per heavy atom. The summed E-state index contributed by atoms with van der Waals surface area (Å²) in [6.07, 6.45) is 3.59. The van der Waals surface area contributed by atoms with Crippen LogP contribution in [0.25, 0.3) is 11.0 Å². The fourth-order valence-corrected chi connectivity index (χ4v) is 4.83. The molecule has 3 amide bonds. The Morgan fingerprint density at radius 1 is 1.03 bits per heavy atom. The molecule has 0 spiro atoms. The summed E-state index contributed by atoms with van der Waals surface area (Å²) in [6.45, 7) is 11.0. The van der Waals surface area contributed by atoms with E-state index in [2.05, 4.69) is 34.7 Å². The smallest absolute Gasteiger partial charge is 0.319 e. The second kappa shape index (κ2) is 10.3. The number of aromatic nitrogens is 2. The molecule has 1 N–H and O–H groups in total. The number of likely N-dealkylation sites (tertiary alicyclic amines) is 2. The molecular formula is C24H36N6O2. The van der Waals surface area contributed by atoms with Crippen LogP contribution in [-0.2, 0) is 11.3 Å². The van der Waals surface area contributed by atoms with Gasteiger partial charge < -0.3 is 19.3 Å². The maximum absolute atomic E-state index is 13.1. The number of nitrogens with zero attached hydrogens (tertiary/aromatic N) is 5. The van der Waals surface area contributed by atoms with Gasteiger partial charge in [-0.25, -0.2) is 9.78 Å². The van der Waals surface area contributed by atoms with Crippen LogP contribution >= 0.6 is 0 Å². The fourth-order valence-electron chi connectivity index (χ4n) is 4.83. The number of amides is 3. The van der Waals surface area contributed by atoms with E-state index in [9.17, 15) is 9.59 Å². The van der Waals surface area contributed by atoms with Crippen LogP contribution in [0.1, 0.15) is 39.5 Å². The van der Waals surface area contributed by atoms with E-state index in [1.54, 1.807) is 0 Å². The zero-order valence-electron chi connectivity index (χ0n) is 19.4. The number of likely N-dealkylation sites (N-methyl/N-ethyl adjacent to an activating group) is 1. The molecule has 0 unspecified atom stereocenters. The molecule has 3 heterocycles. The first kappa shape index (κ1) is 22.6. The van der Waals surface area contributed by atoms with E-state index in [0.717, 1.165) is 63.1 Å². The molecule has 2 saturated heterocycles. The number of nitrogens with one attached hydrogen (secondary N) is 1. The monoisotopic (exact) mass is 440 g/mol. The van der Waals surface area contributed by atoms with Crippen molar-refractivity contribution in [1.82, 2.24) is 24.3 Å². The van der Waals surface area contributed by atoms with Crippen LogP contribution in [0.15, 0.2) is 24.3 Å². The molecule has 0 radical (unpaired) electrons. The Bertz CT molecular complexity index is 924. The summed E-state index contributed by atoms with van der Waals surface area (Å²) in [4.78, 5) is 36.7. The van der Waals surface area contributed by atoms with Crippen molar-refractivity contribution < 1.29 is 9.59 Å². The lowest BCUT2D eigenvalue weighted by atomic mass is 9.96. The normalized spacial score (nSPS) is 17.5. The van der Waals surface area contributed by atoms with Crippen molar-refractivity contribution in [3.63, 3.8) is 0 Å². The Labute approximate surface area is 190 Å². The van der Waals surface area contributed by atoms with E-state index in [-0.39, 0.29) is 17.9 Å². The van der Waals surface area contributed by atoms with E-state index in [4.69, 9.17) is 4.98 Å². The Hall–Kier alpha value is -2.61. The number of rotatable bonds is 7. The second-order valence-corrected chi connectivity index (χ2v) is 8.83. The SMILES string of the molecule is CCN(CC)CCn1c(NC(=O)C2CCN(C(=O)N3CCCC3)CC2)nc2ccccc21. The average molecular weight is 441 g/mol. The van der Waals surface area contributed by atoms with Crippen LogP contribution in [0.5, 0.6) is 0 Å². The molecule has 0 saturated carbocycles. The van der Waals surface area contributed by atoms with Crippen LogP contribution in [0.4, 0.5) is 10.7 Å². The van der Waals surface area contributed by atoms with Crippen LogP contribution in [0, 0.1) is 5.92 Å². The molecular weight excluding hydrogens is 404 g/mol. The van der Waals surface area contributed by atoms with E-state index in [1.807, 2.05) is 28.0 Å². The second-order valence-electron chi connectivity index (χ2n) is 8.83. The number of urea groups is 1. The molecule has 2 aliphatic rings. The highest BCUT2D eigenvalue weighted by atomic mass is 16.2. The van der Waals surface area contributed by atoms with Crippen LogP contribution in [0.3, 0.4) is 0 Å². The summed E-state index contributed by atoms with van der Waals surface area (Å²) in [5.74, 6) is 0.547. The number of fused-ring (bicyclic) bond motifs is 1. The van der Waals surface area contributed by atoms with Crippen molar-refractivity contribution in [3.05, 3.63) is 24.3 Å². The summed E-state index contributed by atoms with van der Waals surface area (Å²) in [7, 11) is 0. The number of anilines is 1. The molecule has 8 nitrogen and oxygen atoms in total. The minimum Gasteiger partial charge on any atom is -0.325 e. The van der Waals surface area contributed by atoms with Gasteiger partial charge in [-0.15, -0.1) is 0 Å². The van der Waals surface area contributed by atoms with Gasteiger partial charge in [0.15, 0.2) is 0 Å². The largest absolute Gasteiger partial charge is 0.325 e.